The predicted octanol–water partition coefficient (Wildman–Crippen LogP) is 1.33. The molecule has 0 saturated carbocycles. The Morgan fingerprint density at radius 1 is 1.22 bits per heavy atom. The Morgan fingerprint density at radius 2 is 1.96 bits per heavy atom. The van der Waals surface area contributed by atoms with Gasteiger partial charge in [0.1, 0.15) is 0 Å². The largest absolute Gasteiger partial charge is 0.493 e. The SMILES string of the molecule is COc1cc2c(c(OC)c1OC)CCCCN(C[C@H](C)NC(=O)CNO)C2. The summed E-state index contributed by atoms with van der Waals surface area (Å²) in [5.74, 6) is 1.79. The number of fused-ring (bicyclic) bond motifs is 1. The molecule has 1 aliphatic heterocycles. The molecule has 0 radical (unpaired) electrons. The van der Waals surface area contributed by atoms with Gasteiger partial charge in [0.25, 0.3) is 0 Å². The molecule has 2 rings (SSSR count). The summed E-state index contributed by atoms with van der Waals surface area (Å²) in [5, 5.41) is 11.5. The molecule has 0 bridgehead atoms. The lowest BCUT2D eigenvalue weighted by atomic mass is 9.96. The van der Waals surface area contributed by atoms with E-state index in [-0.39, 0.29) is 18.5 Å². The fourth-order valence-corrected chi connectivity index (χ4v) is 3.63. The van der Waals surface area contributed by atoms with Crippen molar-refractivity contribution in [1.29, 1.82) is 0 Å². The van der Waals surface area contributed by atoms with Crippen molar-refractivity contribution in [1.82, 2.24) is 15.7 Å². The first-order chi connectivity index (χ1) is 13.0. The fourth-order valence-electron chi connectivity index (χ4n) is 3.63. The predicted molar refractivity (Wildman–Crippen MR) is 102 cm³/mol. The van der Waals surface area contributed by atoms with Gasteiger partial charge in [-0.05, 0) is 44.4 Å². The number of hydrogen-bond acceptors (Lipinski definition) is 7. The van der Waals surface area contributed by atoms with E-state index in [0.717, 1.165) is 49.2 Å². The first kappa shape index (κ1) is 21.3. The minimum atomic E-state index is -0.231. The molecule has 1 aromatic rings. The molecule has 1 aromatic carbocycles. The van der Waals surface area contributed by atoms with Gasteiger partial charge in [-0.1, -0.05) is 0 Å². The van der Waals surface area contributed by atoms with Crippen molar-refractivity contribution in [2.75, 3.05) is 41.0 Å². The maximum Gasteiger partial charge on any atom is 0.236 e. The highest BCUT2D eigenvalue weighted by Crippen LogP contribution is 2.43. The fraction of sp³-hybridized carbons (Fsp3) is 0.632. The maximum atomic E-state index is 11.7. The summed E-state index contributed by atoms with van der Waals surface area (Å²) < 4.78 is 16.7. The van der Waals surface area contributed by atoms with Gasteiger partial charge in [0.05, 0.1) is 27.9 Å². The van der Waals surface area contributed by atoms with Crippen LogP contribution in [-0.4, -0.2) is 63.0 Å². The lowest BCUT2D eigenvalue weighted by molar-refractivity contribution is -0.122. The number of carbonyl (C=O) groups is 1. The molecule has 8 heteroatoms. The molecule has 8 nitrogen and oxygen atoms in total. The standard InChI is InChI=1S/C19H31N3O5/c1-13(21-17(23)10-20-24)11-22-8-6-5-7-15-14(12-22)9-16(25-2)19(27-4)18(15)26-3/h9,13,20,24H,5-8,10-12H2,1-4H3,(H,21,23)/t13-/m0/s1. The van der Waals surface area contributed by atoms with Crippen LogP contribution in [0.4, 0.5) is 0 Å². The highest BCUT2D eigenvalue weighted by molar-refractivity contribution is 5.78. The number of hydrogen-bond donors (Lipinski definition) is 3. The zero-order valence-corrected chi connectivity index (χ0v) is 16.6. The van der Waals surface area contributed by atoms with E-state index < -0.39 is 0 Å². The number of rotatable bonds is 8. The number of amides is 1. The van der Waals surface area contributed by atoms with E-state index in [4.69, 9.17) is 19.4 Å². The van der Waals surface area contributed by atoms with Gasteiger partial charge in [-0.2, -0.15) is 5.48 Å². The quantitative estimate of drug-likeness (QED) is 0.585. The summed E-state index contributed by atoms with van der Waals surface area (Å²) >= 11 is 0. The zero-order chi connectivity index (χ0) is 19.8. The number of nitrogens with one attached hydrogen (secondary N) is 2. The number of nitrogens with zero attached hydrogens (tertiary/aromatic N) is 1. The summed E-state index contributed by atoms with van der Waals surface area (Å²) in [7, 11) is 4.89. The number of methoxy groups -OCH3 is 3. The van der Waals surface area contributed by atoms with Crippen LogP contribution in [0.15, 0.2) is 6.07 Å². The van der Waals surface area contributed by atoms with E-state index in [9.17, 15) is 4.79 Å². The summed E-state index contributed by atoms with van der Waals surface area (Å²) in [6.07, 6.45) is 3.04. The molecule has 0 unspecified atom stereocenters. The van der Waals surface area contributed by atoms with Crippen LogP contribution < -0.4 is 25.0 Å². The van der Waals surface area contributed by atoms with Crippen molar-refractivity contribution in [3.05, 3.63) is 17.2 Å². The normalized spacial score (nSPS) is 15.9. The summed E-state index contributed by atoms with van der Waals surface area (Å²) in [6, 6.07) is 1.99. The minimum Gasteiger partial charge on any atom is -0.493 e. The summed E-state index contributed by atoms with van der Waals surface area (Å²) in [6.45, 7) is 4.26. The minimum absolute atomic E-state index is 0.0317. The smallest absolute Gasteiger partial charge is 0.236 e. The van der Waals surface area contributed by atoms with E-state index in [0.29, 0.717) is 18.0 Å². The van der Waals surface area contributed by atoms with E-state index in [1.165, 1.54) is 0 Å². The highest BCUT2D eigenvalue weighted by Gasteiger charge is 2.24. The average molecular weight is 381 g/mol. The molecule has 0 spiro atoms. The van der Waals surface area contributed by atoms with Gasteiger partial charge in [-0.3, -0.25) is 9.69 Å². The van der Waals surface area contributed by atoms with Crippen molar-refractivity contribution in [3.8, 4) is 17.2 Å². The molecule has 1 amide bonds. The third-order valence-electron chi connectivity index (χ3n) is 4.75. The second kappa shape index (κ2) is 10.3. The second-order valence-electron chi connectivity index (χ2n) is 6.78. The average Bonchev–Trinajstić information content (AvgIpc) is 2.62. The van der Waals surface area contributed by atoms with E-state index in [2.05, 4.69) is 10.2 Å². The van der Waals surface area contributed by atoms with Crippen LogP contribution >= 0.6 is 0 Å². The first-order valence-corrected chi connectivity index (χ1v) is 9.23. The van der Waals surface area contributed by atoms with Crippen molar-refractivity contribution in [2.24, 2.45) is 0 Å². The molecule has 27 heavy (non-hydrogen) atoms. The number of carbonyl (C=O) groups excluding carboxylic acids is 1. The Morgan fingerprint density at radius 3 is 2.59 bits per heavy atom. The van der Waals surface area contributed by atoms with Gasteiger partial charge in [0, 0.05) is 24.7 Å². The molecular formula is C19H31N3O5. The summed E-state index contributed by atoms with van der Waals surface area (Å²) in [4.78, 5) is 14.0. The van der Waals surface area contributed by atoms with Crippen LogP contribution in [0.25, 0.3) is 0 Å². The maximum absolute atomic E-state index is 11.7. The molecule has 1 aliphatic rings. The van der Waals surface area contributed by atoms with Gasteiger partial charge >= 0.3 is 0 Å². The Kier molecular flexibility index (Phi) is 8.15. The first-order valence-electron chi connectivity index (χ1n) is 9.23. The molecule has 0 aliphatic carbocycles. The van der Waals surface area contributed by atoms with Crippen molar-refractivity contribution in [2.45, 2.75) is 38.8 Å². The van der Waals surface area contributed by atoms with Crippen LogP contribution in [0.1, 0.15) is 30.9 Å². The molecule has 1 heterocycles. The van der Waals surface area contributed by atoms with Gasteiger partial charge < -0.3 is 24.7 Å². The molecular weight excluding hydrogens is 350 g/mol. The second-order valence-corrected chi connectivity index (χ2v) is 6.78. The number of ether oxygens (including phenoxy) is 3. The third kappa shape index (κ3) is 5.47. The zero-order valence-electron chi connectivity index (χ0n) is 16.6. The third-order valence-corrected chi connectivity index (χ3v) is 4.75. The van der Waals surface area contributed by atoms with Gasteiger partial charge in [-0.25, -0.2) is 0 Å². The van der Waals surface area contributed by atoms with Crippen LogP contribution in [0.2, 0.25) is 0 Å². The van der Waals surface area contributed by atoms with Crippen LogP contribution in [0.3, 0.4) is 0 Å². The van der Waals surface area contributed by atoms with Crippen molar-refractivity contribution < 1.29 is 24.2 Å². The number of hydroxylamine groups is 1. The Balaban J connectivity index is 2.22. The molecule has 0 saturated heterocycles. The monoisotopic (exact) mass is 381 g/mol. The topological polar surface area (TPSA) is 92.3 Å². The lowest BCUT2D eigenvalue weighted by Crippen LogP contribution is -2.44. The molecule has 3 N–H and O–H groups in total. The molecule has 1 atom stereocenters. The van der Waals surface area contributed by atoms with E-state index >= 15 is 0 Å². The van der Waals surface area contributed by atoms with Crippen molar-refractivity contribution in [3.63, 3.8) is 0 Å². The van der Waals surface area contributed by atoms with Gasteiger partial charge in [0.2, 0.25) is 11.7 Å². The van der Waals surface area contributed by atoms with Crippen LogP contribution in [0.5, 0.6) is 17.2 Å². The molecule has 152 valence electrons. The van der Waals surface area contributed by atoms with Gasteiger partial charge in [-0.15, -0.1) is 0 Å². The lowest BCUT2D eigenvalue weighted by Gasteiger charge is -2.30. The molecule has 0 fully saturated rings. The molecule has 0 aromatic heterocycles. The highest BCUT2D eigenvalue weighted by atomic mass is 16.5. The Bertz CT molecular complexity index is 638. The van der Waals surface area contributed by atoms with Crippen LogP contribution in [0, 0.1) is 0 Å². The van der Waals surface area contributed by atoms with E-state index in [1.54, 1.807) is 21.3 Å². The summed E-state index contributed by atoms with van der Waals surface area (Å²) in [5.41, 5.74) is 4.18. The Labute approximate surface area is 160 Å². The van der Waals surface area contributed by atoms with Crippen molar-refractivity contribution >= 4 is 5.91 Å². The van der Waals surface area contributed by atoms with Crippen LogP contribution in [-0.2, 0) is 17.8 Å². The Hall–Kier alpha value is -2.03. The van der Waals surface area contributed by atoms with E-state index in [1.807, 2.05) is 18.5 Å². The number of benzene rings is 1. The van der Waals surface area contributed by atoms with Gasteiger partial charge in [0.15, 0.2) is 11.5 Å².